The number of carbonyl (C=O) groups excluding carboxylic acids is 4. The lowest BCUT2D eigenvalue weighted by atomic mass is 9.81. The minimum atomic E-state index is -2.67. The van der Waals surface area contributed by atoms with Crippen LogP contribution in [0.1, 0.15) is 195 Å². The van der Waals surface area contributed by atoms with Crippen LogP contribution in [0.15, 0.2) is 23.3 Å². The first-order valence-corrected chi connectivity index (χ1v) is 34.1. The molecule has 3 fully saturated rings. The highest BCUT2D eigenvalue weighted by atomic mass is 28.4. The topological polar surface area (TPSA) is 156 Å². The van der Waals surface area contributed by atoms with Gasteiger partial charge in [-0.25, -0.2) is 4.79 Å². The average molecular weight is 1100 g/mol. The molecule has 4 rings (SSSR count). The predicted octanol–water partition coefficient (Wildman–Crippen LogP) is 12.9. The third-order valence-corrected chi connectivity index (χ3v) is 31.2. The molecule has 0 spiro atoms. The molecule has 1 aliphatic carbocycles. The second-order valence-electron chi connectivity index (χ2n) is 26.0. The van der Waals surface area contributed by atoms with Crippen molar-refractivity contribution in [2.24, 2.45) is 29.6 Å². The average Bonchev–Trinajstić information content (AvgIpc) is 3.35. The third kappa shape index (κ3) is 14.7. The fraction of sp³-hybridized carbons (Fsp3) is 0.869. The van der Waals surface area contributed by atoms with Gasteiger partial charge in [0.05, 0.1) is 30.5 Å². The van der Waals surface area contributed by atoms with E-state index in [1.165, 1.54) is 4.90 Å². The van der Waals surface area contributed by atoms with Crippen molar-refractivity contribution in [2.75, 3.05) is 27.9 Å². The Morgan fingerprint density at radius 2 is 1.25 bits per heavy atom. The number of rotatable bonds is 16. The van der Waals surface area contributed by atoms with Gasteiger partial charge >= 0.3 is 5.97 Å². The molecule has 15 heteroatoms. The summed E-state index contributed by atoms with van der Waals surface area (Å²) in [6.45, 7) is 39.5. The summed E-state index contributed by atoms with van der Waals surface area (Å²) < 4.78 is 46.7. The van der Waals surface area contributed by atoms with Gasteiger partial charge in [-0.1, -0.05) is 129 Å². The quantitative estimate of drug-likeness (QED) is 0.0676. The number of fused-ring (bicyclic) bond motifs is 3. The lowest BCUT2D eigenvalue weighted by Crippen LogP contribution is -2.64. The summed E-state index contributed by atoms with van der Waals surface area (Å²) in [7, 11) is 0.0403. The molecule has 14 unspecified atom stereocenters. The summed E-state index contributed by atoms with van der Waals surface area (Å²) in [4.78, 5) is 61.2. The van der Waals surface area contributed by atoms with E-state index in [4.69, 9.17) is 32.5 Å². The SMILES string of the molecule is CCC1/C=C(\C)CC(C)CC(OC)C2OC(O)(C(=O)C(=O)N3CCCCC3C(=O)OC(C(C)=CC3CCC(O[Si](C(C)C)(C(C)C)C(C)C)C(OC)C3)C(C)C(O[Si](C(C)C)(C(C)C)C(C)C)CC1=O)C(C)CC2OC. The number of ketones is 2. The molecule has 0 aromatic heterocycles. The molecule has 76 heavy (non-hydrogen) atoms. The second kappa shape index (κ2) is 28.6. The molecule has 14 atom stereocenters. The Bertz CT molecular complexity index is 1930. The molecule has 13 nitrogen and oxygen atoms in total. The number of methoxy groups -OCH3 is 3. The van der Waals surface area contributed by atoms with Gasteiger partial charge in [0.1, 0.15) is 24.0 Å². The molecule has 4 aliphatic rings. The van der Waals surface area contributed by atoms with Gasteiger partial charge in [0.25, 0.3) is 11.7 Å². The summed E-state index contributed by atoms with van der Waals surface area (Å²) in [5.74, 6) is -6.73. The Morgan fingerprint density at radius 3 is 1.76 bits per heavy atom. The van der Waals surface area contributed by atoms with Gasteiger partial charge in [0.2, 0.25) is 22.4 Å². The van der Waals surface area contributed by atoms with Crippen molar-refractivity contribution in [3.63, 3.8) is 0 Å². The van der Waals surface area contributed by atoms with Gasteiger partial charge in [-0.3, -0.25) is 14.4 Å². The van der Waals surface area contributed by atoms with Crippen LogP contribution in [-0.2, 0) is 51.7 Å². The summed E-state index contributed by atoms with van der Waals surface area (Å²) in [6.07, 6.45) is 6.70. The Kier molecular flexibility index (Phi) is 25.0. The Morgan fingerprint density at radius 1 is 0.724 bits per heavy atom. The smallest absolute Gasteiger partial charge is 0.329 e. The van der Waals surface area contributed by atoms with Crippen LogP contribution < -0.4 is 0 Å². The van der Waals surface area contributed by atoms with Crippen LogP contribution in [0.5, 0.6) is 0 Å². The molecule has 3 heterocycles. The molecule has 1 saturated carbocycles. The van der Waals surface area contributed by atoms with Gasteiger partial charge in [-0.15, -0.1) is 0 Å². The first-order valence-electron chi connectivity index (χ1n) is 29.8. The Balaban J connectivity index is 1.93. The van der Waals surface area contributed by atoms with E-state index in [9.17, 15) is 14.7 Å². The largest absolute Gasteiger partial charge is 0.456 e. The fourth-order valence-electron chi connectivity index (χ4n) is 15.0. The standard InChI is InChI=1S/C61H109NO12Si2/c1-22-48-30-42(14)29-43(15)31-54(69-20)57-55(70-21)33-45(17)61(67,72-57)58(64)59(65)62-28-24-23-25-49(62)60(66)71-56(46(18)52(35-50(48)63)74-76(39(8)9,40(10)11)41(12)13)44(16)32-47-26-27-51(53(34-47)68-19)73-75(36(2)3,37(4)5)38(6)7/h30,32,36-41,43,45-49,51-57,67H,22-29,31,33-35H2,1-21H3/b42-30+,44-32?. The van der Waals surface area contributed by atoms with Gasteiger partial charge in [-0.05, 0) is 129 Å². The van der Waals surface area contributed by atoms with E-state index >= 15 is 9.59 Å². The van der Waals surface area contributed by atoms with Crippen molar-refractivity contribution >= 4 is 40.1 Å². The Hall–Kier alpha value is -2.09. The van der Waals surface area contributed by atoms with Gasteiger partial charge in [-0.2, -0.15) is 0 Å². The number of hydrogen-bond donors (Lipinski definition) is 1. The van der Waals surface area contributed by atoms with Crippen molar-refractivity contribution in [1.82, 2.24) is 4.90 Å². The zero-order chi connectivity index (χ0) is 57.4. The lowest BCUT2D eigenvalue weighted by molar-refractivity contribution is -0.302. The normalized spacial score (nSPS) is 34.7. The number of allylic oxidation sites excluding steroid dienone is 3. The predicted molar refractivity (Wildman–Crippen MR) is 308 cm³/mol. The van der Waals surface area contributed by atoms with Gasteiger partial charge in [0.15, 0.2) is 0 Å². The zero-order valence-corrected chi connectivity index (χ0v) is 53.5. The van der Waals surface area contributed by atoms with Gasteiger partial charge in [0, 0.05) is 52.0 Å². The number of cyclic esters (lactones) is 1. The van der Waals surface area contributed by atoms with Crippen LogP contribution >= 0.6 is 0 Å². The number of ether oxygens (including phenoxy) is 5. The minimum absolute atomic E-state index is 0.0385. The Labute approximate surface area is 463 Å². The molecule has 3 aliphatic heterocycles. The number of carbonyl (C=O) groups is 4. The monoisotopic (exact) mass is 1100 g/mol. The first kappa shape index (κ1) is 66.4. The number of nitrogens with zero attached hydrogens (tertiary/aromatic N) is 1. The van der Waals surface area contributed by atoms with E-state index in [0.717, 1.165) is 30.4 Å². The highest BCUT2D eigenvalue weighted by Gasteiger charge is 2.57. The number of Topliss-reactive ketones (excluding diaryl/α,β-unsaturated/α-hetero) is 2. The highest BCUT2D eigenvalue weighted by molar-refractivity contribution is 6.78. The van der Waals surface area contributed by atoms with Crippen LogP contribution in [0, 0.1) is 29.6 Å². The van der Waals surface area contributed by atoms with Crippen LogP contribution in [-0.4, -0.2) is 133 Å². The van der Waals surface area contributed by atoms with Crippen LogP contribution in [0.25, 0.3) is 0 Å². The first-order chi connectivity index (χ1) is 35.5. The maximum absolute atomic E-state index is 15.3. The molecule has 2 bridgehead atoms. The molecule has 0 radical (unpaired) electrons. The van der Waals surface area contributed by atoms with E-state index in [1.54, 1.807) is 28.3 Å². The van der Waals surface area contributed by atoms with E-state index < -0.39 is 88.5 Å². The molecule has 0 aromatic carbocycles. The summed E-state index contributed by atoms with van der Waals surface area (Å²) in [5.41, 5.74) is 3.84. The number of piperidine rings is 1. The molecule has 1 N–H and O–H groups in total. The molecule has 438 valence electrons. The number of esters is 1. The summed E-state index contributed by atoms with van der Waals surface area (Å²) in [6, 6.07) is -1.11. The molecular formula is C61H109NO12Si2. The van der Waals surface area contributed by atoms with Crippen molar-refractivity contribution in [3.05, 3.63) is 23.3 Å². The van der Waals surface area contributed by atoms with E-state index in [0.29, 0.717) is 48.7 Å². The minimum Gasteiger partial charge on any atom is -0.456 e. The maximum Gasteiger partial charge on any atom is 0.329 e. The van der Waals surface area contributed by atoms with Gasteiger partial charge < -0.3 is 42.5 Å². The van der Waals surface area contributed by atoms with E-state index in [-0.39, 0.29) is 78.2 Å². The fourth-order valence-corrected chi connectivity index (χ4v) is 26.2. The second-order valence-corrected chi connectivity index (χ2v) is 36.8. The van der Waals surface area contributed by atoms with Crippen molar-refractivity contribution < 1.29 is 56.8 Å². The van der Waals surface area contributed by atoms with Crippen molar-refractivity contribution in [2.45, 2.75) is 283 Å². The number of hydrogen-bond acceptors (Lipinski definition) is 12. The van der Waals surface area contributed by atoms with Crippen molar-refractivity contribution in [1.29, 1.82) is 0 Å². The van der Waals surface area contributed by atoms with Crippen molar-refractivity contribution in [3.8, 4) is 0 Å². The van der Waals surface area contributed by atoms with Crippen LogP contribution in [0.4, 0.5) is 0 Å². The van der Waals surface area contributed by atoms with E-state index in [2.05, 4.69) is 123 Å². The third-order valence-electron chi connectivity index (χ3n) is 19.0. The molecule has 2 saturated heterocycles. The maximum atomic E-state index is 15.3. The summed E-state index contributed by atoms with van der Waals surface area (Å²) >= 11 is 0. The summed E-state index contributed by atoms with van der Waals surface area (Å²) in [5, 5.41) is 12.4. The number of aliphatic hydroxyl groups is 1. The van der Waals surface area contributed by atoms with Crippen LogP contribution in [0.3, 0.4) is 0 Å². The van der Waals surface area contributed by atoms with E-state index in [1.807, 2.05) is 6.92 Å². The molecule has 1 amide bonds. The van der Waals surface area contributed by atoms with Crippen LogP contribution in [0.2, 0.25) is 33.2 Å². The molecular weight excluding hydrogens is 995 g/mol. The highest BCUT2D eigenvalue weighted by Crippen LogP contribution is 2.48. The lowest BCUT2D eigenvalue weighted by Gasteiger charge is -2.47. The zero-order valence-electron chi connectivity index (χ0n) is 51.5. The number of amides is 1. The molecule has 0 aromatic rings.